The smallest absolute Gasteiger partial charge is 0.231 e. The number of carbonyl (C=O) groups excluding carboxylic acids is 1. The molecule has 0 aromatic heterocycles. The van der Waals surface area contributed by atoms with Crippen molar-refractivity contribution in [2.75, 3.05) is 11.9 Å². The zero-order chi connectivity index (χ0) is 14.8. The third-order valence-corrected chi connectivity index (χ3v) is 3.69. The summed E-state index contributed by atoms with van der Waals surface area (Å²) in [4.78, 5) is 12.3. The van der Waals surface area contributed by atoms with Crippen LogP contribution in [-0.4, -0.2) is 12.5 Å². The number of carbonyl (C=O) groups is 1. The van der Waals surface area contributed by atoms with Gasteiger partial charge in [0.05, 0.1) is 5.92 Å². The van der Waals surface area contributed by atoms with Gasteiger partial charge >= 0.3 is 0 Å². The molecule has 0 fully saturated rings. The lowest BCUT2D eigenvalue weighted by atomic mass is 9.96. The number of para-hydroxylation sites is 1. The van der Waals surface area contributed by atoms with E-state index >= 15 is 0 Å². The molecule has 0 bridgehead atoms. The Morgan fingerprint density at radius 2 is 2.10 bits per heavy atom. The van der Waals surface area contributed by atoms with Crippen LogP contribution in [0.15, 0.2) is 42.5 Å². The number of hydrogen-bond acceptors (Lipinski definition) is 2. The molecule has 3 nitrogen and oxygen atoms in total. The van der Waals surface area contributed by atoms with E-state index in [2.05, 4.69) is 5.32 Å². The molecule has 0 saturated heterocycles. The molecule has 0 aliphatic carbocycles. The van der Waals surface area contributed by atoms with Crippen LogP contribution in [0.2, 0.25) is 0 Å². The van der Waals surface area contributed by atoms with Gasteiger partial charge in [0, 0.05) is 5.69 Å². The van der Waals surface area contributed by atoms with E-state index in [0.29, 0.717) is 24.3 Å². The Hall–Kier alpha value is -2.36. The minimum absolute atomic E-state index is 0.146. The van der Waals surface area contributed by atoms with Crippen molar-refractivity contribution in [2.24, 2.45) is 5.92 Å². The number of hydrogen-bond donors (Lipinski definition) is 1. The minimum atomic E-state index is -0.321. The lowest BCUT2D eigenvalue weighted by Crippen LogP contribution is -2.32. The second kappa shape index (κ2) is 5.56. The Morgan fingerprint density at radius 3 is 2.90 bits per heavy atom. The maximum absolute atomic E-state index is 13.5. The van der Waals surface area contributed by atoms with Gasteiger partial charge in [-0.15, -0.1) is 0 Å². The molecule has 0 unspecified atom stereocenters. The average Bonchev–Trinajstić information content (AvgIpc) is 2.50. The average molecular weight is 285 g/mol. The molecule has 2 aromatic rings. The molecule has 3 rings (SSSR count). The van der Waals surface area contributed by atoms with Crippen molar-refractivity contribution >= 4 is 11.6 Å². The van der Waals surface area contributed by atoms with E-state index in [4.69, 9.17) is 4.74 Å². The molecule has 1 amide bonds. The number of fused-ring (bicyclic) bond motifs is 1. The van der Waals surface area contributed by atoms with Crippen LogP contribution >= 0.6 is 0 Å². The highest BCUT2D eigenvalue weighted by Crippen LogP contribution is 2.27. The fourth-order valence-electron chi connectivity index (χ4n) is 2.41. The van der Waals surface area contributed by atoms with E-state index < -0.39 is 0 Å². The first-order valence-electron chi connectivity index (χ1n) is 6.91. The SMILES string of the molecule is Cc1ccc(NC(=O)[C@@H]2COc3ccccc3C2)cc1F. The van der Waals surface area contributed by atoms with E-state index in [1.165, 1.54) is 6.07 Å². The standard InChI is InChI=1S/C17H16FNO2/c1-11-6-7-14(9-15(11)18)19-17(20)13-8-12-4-2-3-5-16(12)21-10-13/h2-7,9,13H,8,10H2,1H3,(H,19,20)/t13-/m0/s1. The summed E-state index contributed by atoms with van der Waals surface area (Å²) in [5.74, 6) is 0.109. The third kappa shape index (κ3) is 2.89. The molecule has 21 heavy (non-hydrogen) atoms. The molecule has 0 spiro atoms. The van der Waals surface area contributed by atoms with Crippen molar-refractivity contribution in [2.45, 2.75) is 13.3 Å². The first-order chi connectivity index (χ1) is 10.1. The molecule has 2 aromatic carbocycles. The lowest BCUT2D eigenvalue weighted by Gasteiger charge is -2.24. The van der Waals surface area contributed by atoms with Gasteiger partial charge in [0.15, 0.2) is 0 Å². The van der Waals surface area contributed by atoms with E-state index in [0.717, 1.165) is 11.3 Å². The molecule has 1 aliphatic heterocycles. The van der Waals surface area contributed by atoms with Crippen molar-refractivity contribution in [3.8, 4) is 5.75 Å². The van der Waals surface area contributed by atoms with Crippen molar-refractivity contribution < 1.29 is 13.9 Å². The Bertz CT molecular complexity index is 684. The summed E-state index contributed by atoms with van der Waals surface area (Å²) in [6.45, 7) is 2.03. The van der Waals surface area contributed by atoms with E-state index in [9.17, 15) is 9.18 Å². The second-order valence-electron chi connectivity index (χ2n) is 5.27. The van der Waals surface area contributed by atoms with Gasteiger partial charge in [-0.3, -0.25) is 4.79 Å². The predicted molar refractivity (Wildman–Crippen MR) is 78.9 cm³/mol. The van der Waals surface area contributed by atoms with Crippen LogP contribution in [0.4, 0.5) is 10.1 Å². The van der Waals surface area contributed by atoms with Crippen LogP contribution in [-0.2, 0) is 11.2 Å². The van der Waals surface area contributed by atoms with Gasteiger partial charge in [-0.25, -0.2) is 4.39 Å². The summed E-state index contributed by atoms with van der Waals surface area (Å²) in [5, 5.41) is 2.75. The highest BCUT2D eigenvalue weighted by Gasteiger charge is 2.25. The second-order valence-corrected chi connectivity index (χ2v) is 5.27. The normalized spacial score (nSPS) is 16.8. The summed E-state index contributed by atoms with van der Waals surface area (Å²) in [5.41, 5.74) is 2.06. The summed E-state index contributed by atoms with van der Waals surface area (Å²) < 4.78 is 19.1. The zero-order valence-electron chi connectivity index (χ0n) is 11.7. The Morgan fingerprint density at radius 1 is 1.29 bits per heavy atom. The summed E-state index contributed by atoms with van der Waals surface area (Å²) in [6, 6.07) is 12.4. The number of halogens is 1. The maximum atomic E-state index is 13.5. The number of rotatable bonds is 2. The van der Waals surface area contributed by atoms with Crippen molar-refractivity contribution in [3.05, 3.63) is 59.4 Å². The van der Waals surface area contributed by atoms with Gasteiger partial charge < -0.3 is 10.1 Å². The van der Waals surface area contributed by atoms with Crippen molar-refractivity contribution in [3.63, 3.8) is 0 Å². The van der Waals surface area contributed by atoms with E-state index in [1.807, 2.05) is 24.3 Å². The molecular weight excluding hydrogens is 269 g/mol. The summed E-state index contributed by atoms with van der Waals surface area (Å²) in [6.07, 6.45) is 0.635. The number of nitrogens with one attached hydrogen (secondary N) is 1. The van der Waals surface area contributed by atoms with Crippen molar-refractivity contribution in [1.82, 2.24) is 0 Å². The molecular formula is C17H16FNO2. The van der Waals surface area contributed by atoms with Crippen LogP contribution in [0, 0.1) is 18.7 Å². The van der Waals surface area contributed by atoms with Gasteiger partial charge in [0.25, 0.3) is 0 Å². The van der Waals surface area contributed by atoms with E-state index in [1.54, 1.807) is 19.1 Å². The fourth-order valence-corrected chi connectivity index (χ4v) is 2.41. The first kappa shape index (κ1) is 13.6. The number of benzene rings is 2. The summed E-state index contributed by atoms with van der Waals surface area (Å²) in [7, 11) is 0. The Balaban J connectivity index is 1.70. The van der Waals surface area contributed by atoms with Crippen LogP contribution < -0.4 is 10.1 Å². The van der Waals surface area contributed by atoms with Gasteiger partial charge in [-0.2, -0.15) is 0 Å². The first-order valence-corrected chi connectivity index (χ1v) is 6.91. The molecule has 4 heteroatoms. The Labute approximate surface area is 122 Å². The predicted octanol–water partition coefficient (Wildman–Crippen LogP) is 3.32. The molecule has 0 saturated carbocycles. The van der Waals surface area contributed by atoms with Crippen LogP contribution in [0.25, 0.3) is 0 Å². The lowest BCUT2D eigenvalue weighted by molar-refractivity contribution is -0.121. The zero-order valence-corrected chi connectivity index (χ0v) is 11.7. The molecule has 0 radical (unpaired) electrons. The number of anilines is 1. The van der Waals surface area contributed by atoms with Gasteiger partial charge in [0.2, 0.25) is 5.91 Å². The highest BCUT2D eigenvalue weighted by molar-refractivity contribution is 5.93. The molecule has 108 valence electrons. The quantitative estimate of drug-likeness (QED) is 0.919. The minimum Gasteiger partial charge on any atom is -0.492 e. The maximum Gasteiger partial charge on any atom is 0.231 e. The van der Waals surface area contributed by atoms with Crippen LogP contribution in [0.3, 0.4) is 0 Å². The summed E-state index contributed by atoms with van der Waals surface area (Å²) >= 11 is 0. The molecule has 1 aliphatic rings. The van der Waals surface area contributed by atoms with Gasteiger partial charge in [-0.1, -0.05) is 24.3 Å². The Kier molecular flexibility index (Phi) is 3.60. The topological polar surface area (TPSA) is 38.3 Å². The molecule has 1 atom stereocenters. The molecule has 1 heterocycles. The molecule has 1 N–H and O–H groups in total. The van der Waals surface area contributed by atoms with Gasteiger partial charge in [0.1, 0.15) is 18.2 Å². The highest BCUT2D eigenvalue weighted by atomic mass is 19.1. The third-order valence-electron chi connectivity index (χ3n) is 3.69. The number of amides is 1. The monoisotopic (exact) mass is 285 g/mol. The van der Waals surface area contributed by atoms with Gasteiger partial charge in [-0.05, 0) is 42.7 Å². The largest absolute Gasteiger partial charge is 0.492 e. The van der Waals surface area contributed by atoms with E-state index in [-0.39, 0.29) is 17.6 Å². The van der Waals surface area contributed by atoms with Crippen LogP contribution in [0.1, 0.15) is 11.1 Å². The number of aryl methyl sites for hydroxylation is 1. The van der Waals surface area contributed by atoms with Crippen LogP contribution in [0.5, 0.6) is 5.75 Å². The fraction of sp³-hybridized carbons (Fsp3) is 0.235. The van der Waals surface area contributed by atoms with Crippen molar-refractivity contribution in [1.29, 1.82) is 0 Å². The number of ether oxygens (including phenoxy) is 1.